The van der Waals surface area contributed by atoms with Crippen LogP contribution in [-0.4, -0.2) is 41.0 Å². The van der Waals surface area contributed by atoms with Crippen molar-refractivity contribution < 1.29 is 28.3 Å². The molecule has 1 aliphatic rings. The molecular formula is C21H19NO6S. The molecule has 2 heterocycles. The molecule has 0 unspecified atom stereocenters. The molecular weight excluding hydrogens is 394 g/mol. The lowest BCUT2D eigenvalue weighted by atomic mass is 10.0. The van der Waals surface area contributed by atoms with Crippen LogP contribution in [0.25, 0.3) is 17.4 Å². The van der Waals surface area contributed by atoms with Gasteiger partial charge in [-0.05, 0) is 56.3 Å². The monoisotopic (exact) mass is 413 g/mol. The third-order valence-electron chi connectivity index (χ3n) is 4.28. The molecule has 1 aromatic heterocycles. The van der Waals surface area contributed by atoms with Gasteiger partial charge >= 0.3 is 5.97 Å². The van der Waals surface area contributed by atoms with Gasteiger partial charge in [0, 0.05) is 17.2 Å². The Kier molecular flexibility index (Phi) is 6.03. The maximum atomic E-state index is 12.4. The average Bonchev–Trinajstić information content (AvgIpc) is 3.22. The predicted molar refractivity (Wildman–Crippen MR) is 108 cm³/mol. The minimum absolute atomic E-state index is 0.0479. The molecule has 2 amide bonds. The summed E-state index contributed by atoms with van der Waals surface area (Å²) < 4.78 is 10.6. The van der Waals surface area contributed by atoms with E-state index in [1.165, 1.54) is 13.0 Å². The van der Waals surface area contributed by atoms with Crippen molar-refractivity contribution in [3.8, 4) is 11.3 Å². The zero-order valence-corrected chi connectivity index (χ0v) is 17.0. The van der Waals surface area contributed by atoms with Crippen LogP contribution in [0.3, 0.4) is 0 Å². The Morgan fingerprint density at radius 2 is 1.97 bits per heavy atom. The maximum Gasteiger partial charge on any atom is 0.326 e. The summed E-state index contributed by atoms with van der Waals surface area (Å²) in [6.45, 7) is 4.80. The summed E-state index contributed by atoms with van der Waals surface area (Å²) in [6, 6.07) is 8.77. The normalized spacial score (nSPS) is 15.3. The maximum absolute atomic E-state index is 12.4. The highest BCUT2D eigenvalue weighted by atomic mass is 32.2. The number of amides is 2. The molecule has 1 saturated heterocycles. The van der Waals surface area contributed by atoms with E-state index in [0.29, 0.717) is 17.1 Å². The second-order valence-corrected chi connectivity index (χ2v) is 7.35. The third-order valence-corrected chi connectivity index (χ3v) is 5.18. The lowest BCUT2D eigenvalue weighted by Crippen LogP contribution is -2.34. The van der Waals surface area contributed by atoms with Crippen LogP contribution in [0.1, 0.15) is 35.5 Å². The highest BCUT2D eigenvalue weighted by Gasteiger charge is 2.36. The number of ether oxygens (including phenoxy) is 1. The van der Waals surface area contributed by atoms with Crippen molar-refractivity contribution >= 4 is 40.7 Å². The van der Waals surface area contributed by atoms with Gasteiger partial charge in [0.05, 0.1) is 11.5 Å². The number of esters is 1. The quantitative estimate of drug-likeness (QED) is 0.400. The topological polar surface area (TPSA) is 93.9 Å². The minimum Gasteiger partial charge on any atom is -0.465 e. The number of rotatable bonds is 6. The molecule has 0 aliphatic carbocycles. The van der Waals surface area contributed by atoms with Crippen LogP contribution in [-0.2, 0) is 14.3 Å². The van der Waals surface area contributed by atoms with Crippen LogP contribution >= 0.6 is 11.8 Å². The van der Waals surface area contributed by atoms with Gasteiger partial charge in [0.1, 0.15) is 18.1 Å². The minimum atomic E-state index is -0.642. The number of carbonyl (C=O) groups excluding carboxylic acids is 4. The van der Waals surface area contributed by atoms with E-state index in [0.717, 1.165) is 27.8 Å². The van der Waals surface area contributed by atoms with Gasteiger partial charge in [0.15, 0.2) is 5.78 Å². The number of carbonyl (C=O) groups is 4. The van der Waals surface area contributed by atoms with Crippen molar-refractivity contribution in [2.45, 2.75) is 20.8 Å². The smallest absolute Gasteiger partial charge is 0.326 e. The number of benzene rings is 1. The molecule has 0 N–H and O–H groups in total. The van der Waals surface area contributed by atoms with Crippen LogP contribution in [0.15, 0.2) is 39.7 Å². The Hall–Kier alpha value is -3.13. The van der Waals surface area contributed by atoms with Crippen molar-refractivity contribution in [3.63, 3.8) is 0 Å². The number of thioether (sulfide) groups is 1. The summed E-state index contributed by atoms with van der Waals surface area (Å²) in [5.41, 5.74) is 2.28. The van der Waals surface area contributed by atoms with Gasteiger partial charge in [-0.3, -0.25) is 24.1 Å². The predicted octanol–water partition coefficient (Wildman–Crippen LogP) is 4.06. The van der Waals surface area contributed by atoms with Crippen LogP contribution in [0.5, 0.6) is 0 Å². The van der Waals surface area contributed by atoms with E-state index in [2.05, 4.69) is 0 Å². The van der Waals surface area contributed by atoms with Gasteiger partial charge < -0.3 is 9.15 Å². The van der Waals surface area contributed by atoms with E-state index in [4.69, 9.17) is 9.15 Å². The highest BCUT2D eigenvalue weighted by Crippen LogP contribution is 2.34. The Bertz CT molecular complexity index is 1040. The summed E-state index contributed by atoms with van der Waals surface area (Å²) >= 11 is 0.737. The number of imide groups is 1. The Labute approximate surface area is 171 Å². The van der Waals surface area contributed by atoms with E-state index in [1.807, 2.05) is 13.0 Å². The molecule has 8 heteroatoms. The molecule has 0 bridgehead atoms. The standard InChI is InChI=1S/C21H19NO6S/c1-4-27-19(24)11-22-20(25)18(29-21(22)26)10-15-7-8-17(28-15)16-9-14(13(3)23)6-5-12(16)2/h5-10H,4,11H2,1-3H3/b18-10+. The molecule has 1 fully saturated rings. The zero-order valence-electron chi connectivity index (χ0n) is 16.2. The molecule has 29 heavy (non-hydrogen) atoms. The number of furan rings is 1. The fourth-order valence-corrected chi connectivity index (χ4v) is 3.60. The number of hydrogen-bond donors (Lipinski definition) is 0. The molecule has 1 aromatic carbocycles. The Morgan fingerprint density at radius 3 is 2.66 bits per heavy atom. The summed E-state index contributed by atoms with van der Waals surface area (Å²) in [7, 11) is 0. The van der Waals surface area contributed by atoms with Crippen LogP contribution in [0.2, 0.25) is 0 Å². The number of ketones is 1. The fourth-order valence-electron chi connectivity index (χ4n) is 2.78. The number of nitrogens with zero attached hydrogens (tertiary/aromatic N) is 1. The van der Waals surface area contributed by atoms with Gasteiger partial charge in [-0.15, -0.1) is 0 Å². The van der Waals surface area contributed by atoms with Crippen molar-refractivity contribution in [1.82, 2.24) is 4.90 Å². The van der Waals surface area contributed by atoms with E-state index in [9.17, 15) is 19.2 Å². The second-order valence-electron chi connectivity index (χ2n) is 6.36. The van der Waals surface area contributed by atoms with Crippen LogP contribution in [0, 0.1) is 6.92 Å². The molecule has 0 atom stereocenters. The molecule has 0 radical (unpaired) electrons. The van der Waals surface area contributed by atoms with E-state index >= 15 is 0 Å². The van der Waals surface area contributed by atoms with E-state index < -0.39 is 23.7 Å². The van der Waals surface area contributed by atoms with Gasteiger partial charge in [0.2, 0.25) is 0 Å². The first-order valence-corrected chi connectivity index (χ1v) is 9.74. The van der Waals surface area contributed by atoms with Gasteiger partial charge in [-0.1, -0.05) is 12.1 Å². The summed E-state index contributed by atoms with van der Waals surface area (Å²) in [6.07, 6.45) is 1.46. The first-order valence-electron chi connectivity index (χ1n) is 8.93. The van der Waals surface area contributed by atoms with Crippen molar-refractivity contribution in [3.05, 3.63) is 52.1 Å². The zero-order chi connectivity index (χ0) is 21.1. The van der Waals surface area contributed by atoms with Crippen molar-refractivity contribution in [2.75, 3.05) is 13.2 Å². The second kappa shape index (κ2) is 8.48. The van der Waals surface area contributed by atoms with Crippen LogP contribution in [0.4, 0.5) is 4.79 Å². The molecule has 150 valence electrons. The molecule has 0 spiro atoms. The Balaban J connectivity index is 1.83. The van der Waals surface area contributed by atoms with Crippen LogP contribution < -0.4 is 0 Å². The lowest BCUT2D eigenvalue weighted by Gasteiger charge is -2.10. The van der Waals surface area contributed by atoms with E-state index in [-0.39, 0.29) is 17.3 Å². The molecule has 0 saturated carbocycles. The molecule has 2 aromatic rings. The largest absolute Gasteiger partial charge is 0.465 e. The fraction of sp³-hybridized carbons (Fsp3) is 0.238. The first-order chi connectivity index (χ1) is 13.8. The first kappa shape index (κ1) is 20.6. The van der Waals surface area contributed by atoms with E-state index in [1.54, 1.807) is 31.2 Å². The van der Waals surface area contributed by atoms with Crippen molar-refractivity contribution in [1.29, 1.82) is 0 Å². The molecule has 7 nitrogen and oxygen atoms in total. The highest BCUT2D eigenvalue weighted by molar-refractivity contribution is 8.18. The summed E-state index contributed by atoms with van der Waals surface area (Å²) in [5, 5.41) is -0.536. The van der Waals surface area contributed by atoms with Gasteiger partial charge in [-0.2, -0.15) is 0 Å². The van der Waals surface area contributed by atoms with Crippen molar-refractivity contribution in [2.24, 2.45) is 0 Å². The van der Waals surface area contributed by atoms with Gasteiger partial charge in [-0.25, -0.2) is 0 Å². The van der Waals surface area contributed by atoms with Gasteiger partial charge in [0.25, 0.3) is 11.1 Å². The SMILES string of the molecule is CCOC(=O)CN1C(=O)S/C(=C/c2ccc(-c3cc(C(C)=O)ccc3C)o2)C1=O. The number of aryl methyl sites for hydroxylation is 1. The summed E-state index contributed by atoms with van der Waals surface area (Å²) in [4.78, 5) is 48.7. The third kappa shape index (κ3) is 4.48. The summed E-state index contributed by atoms with van der Waals surface area (Å²) in [5.74, 6) is -0.330. The number of hydrogen-bond acceptors (Lipinski definition) is 7. The molecule has 1 aliphatic heterocycles. The average molecular weight is 413 g/mol. The number of Topliss-reactive ketones (excluding diaryl/α,β-unsaturated/α-hetero) is 1. The Morgan fingerprint density at radius 1 is 1.21 bits per heavy atom. The lowest BCUT2D eigenvalue weighted by molar-refractivity contribution is -0.145. The molecule has 3 rings (SSSR count).